The summed E-state index contributed by atoms with van der Waals surface area (Å²) in [7, 11) is 0. The van der Waals surface area contributed by atoms with Crippen molar-refractivity contribution in [2.75, 3.05) is 0 Å². The van der Waals surface area contributed by atoms with Crippen molar-refractivity contribution in [1.29, 1.82) is 0 Å². The molecule has 0 aromatic heterocycles. The zero-order valence-corrected chi connectivity index (χ0v) is 10.1. The zero-order chi connectivity index (χ0) is 11.0. The second-order valence-electron chi connectivity index (χ2n) is 3.82. The molecule has 0 bridgehead atoms. The quantitative estimate of drug-likeness (QED) is 0.586. The van der Waals surface area contributed by atoms with Gasteiger partial charge in [-0.15, -0.1) is 0 Å². The topological polar surface area (TPSA) is 26.3 Å². The number of rotatable bonds is 7. The lowest BCUT2D eigenvalue weighted by Gasteiger charge is -2.31. The molecule has 0 radical (unpaired) electrons. The number of ether oxygens (including phenoxy) is 1. The number of unbranched alkanes of at least 4 members (excludes halogenated alkanes) is 1. The van der Waals surface area contributed by atoms with E-state index in [9.17, 15) is 4.79 Å². The van der Waals surface area contributed by atoms with E-state index in [1.807, 2.05) is 6.92 Å². The first-order chi connectivity index (χ1) is 6.64. The molecule has 0 spiro atoms. The van der Waals surface area contributed by atoms with Crippen LogP contribution >= 0.6 is 0 Å². The van der Waals surface area contributed by atoms with E-state index >= 15 is 0 Å². The normalized spacial score (nSPS) is 11.4. The second kappa shape index (κ2) is 6.86. The van der Waals surface area contributed by atoms with Gasteiger partial charge in [-0.1, -0.05) is 34.1 Å². The summed E-state index contributed by atoms with van der Waals surface area (Å²) in [5, 5.41) is 0. The summed E-state index contributed by atoms with van der Waals surface area (Å²) < 4.78 is 5.55. The van der Waals surface area contributed by atoms with Crippen LogP contribution in [0.3, 0.4) is 0 Å². The molecule has 0 aliphatic heterocycles. The van der Waals surface area contributed by atoms with Gasteiger partial charge in [0.25, 0.3) is 0 Å². The van der Waals surface area contributed by atoms with Crippen LogP contribution in [-0.2, 0) is 9.53 Å². The van der Waals surface area contributed by atoms with Gasteiger partial charge in [0.15, 0.2) is 0 Å². The van der Waals surface area contributed by atoms with Crippen LogP contribution in [0, 0.1) is 0 Å². The number of hydrogen-bond acceptors (Lipinski definition) is 2. The van der Waals surface area contributed by atoms with Crippen LogP contribution in [0.1, 0.15) is 66.2 Å². The predicted octanol–water partition coefficient (Wildman–Crippen LogP) is 3.69. The van der Waals surface area contributed by atoms with E-state index in [0.717, 1.165) is 32.1 Å². The summed E-state index contributed by atoms with van der Waals surface area (Å²) >= 11 is 0. The highest BCUT2D eigenvalue weighted by Gasteiger charge is 2.29. The minimum Gasteiger partial charge on any atom is -0.459 e. The molecule has 0 rings (SSSR count). The van der Waals surface area contributed by atoms with Gasteiger partial charge in [0.2, 0.25) is 0 Å². The van der Waals surface area contributed by atoms with Gasteiger partial charge in [-0.2, -0.15) is 0 Å². The van der Waals surface area contributed by atoms with Gasteiger partial charge in [-0.05, 0) is 25.7 Å². The number of esters is 1. The molecule has 0 aliphatic rings. The van der Waals surface area contributed by atoms with Crippen LogP contribution in [0.15, 0.2) is 0 Å². The minimum absolute atomic E-state index is 0.0650. The summed E-state index contributed by atoms with van der Waals surface area (Å²) in [5.74, 6) is -0.0650. The molecule has 0 aromatic rings. The van der Waals surface area contributed by atoms with Crippen LogP contribution in [0.25, 0.3) is 0 Å². The van der Waals surface area contributed by atoms with Crippen LogP contribution in [0.2, 0.25) is 0 Å². The molecule has 0 saturated heterocycles. The fraction of sp³-hybridized carbons (Fsp3) is 0.917. The Morgan fingerprint density at radius 2 is 1.71 bits per heavy atom. The van der Waals surface area contributed by atoms with Gasteiger partial charge in [0.1, 0.15) is 5.60 Å². The lowest BCUT2D eigenvalue weighted by Crippen LogP contribution is -2.33. The smallest absolute Gasteiger partial charge is 0.306 e. The Hall–Kier alpha value is -0.530. The van der Waals surface area contributed by atoms with E-state index in [0.29, 0.717) is 6.42 Å². The lowest BCUT2D eigenvalue weighted by molar-refractivity contribution is -0.161. The Kier molecular flexibility index (Phi) is 6.60. The molecule has 84 valence electrons. The highest BCUT2D eigenvalue weighted by atomic mass is 16.6. The van der Waals surface area contributed by atoms with Crippen molar-refractivity contribution in [3.05, 3.63) is 0 Å². The Balaban J connectivity index is 4.28. The molecule has 0 heterocycles. The monoisotopic (exact) mass is 200 g/mol. The Labute approximate surface area is 88.0 Å². The highest BCUT2D eigenvalue weighted by Crippen LogP contribution is 2.27. The van der Waals surface area contributed by atoms with Gasteiger partial charge >= 0.3 is 5.97 Å². The number of carbonyl (C=O) groups is 1. The van der Waals surface area contributed by atoms with Crippen LogP contribution in [-0.4, -0.2) is 11.6 Å². The minimum atomic E-state index is -0.191. The van der Waals surface area contributed by atoms with Crippen LogP contribution in [0.4, 0.5) is 0 Å². The maximum Gasteiger partial charge on any atom is 0.306 e. The van der Waals surface area contributed by atoms with Gasteiger partial charge in [0, 0.05) is 6.42 Å². The summed E-state index contributed by atoms with van der Waals surface area (Å²) in [6.07, 6.45) is 5.63. The van der Waals surface area contributed by atoms with E-state index < -0.39 is 0 Å². The molecule has 0 atom stereocenters. The molecule has 0 unspecified atom stereocenters. The largest absolute Gasteiger partial charge is 0.459 e. The van der Waals surface area contributed by atoms with E-state index in [1.54, 1.807) is 0 Å². The third kappa shape index (κ3) is 4.12. The van der Waals surface area contributed by atoms with Crippen molar-refractivity contribution in [3.63, 3.8) is 0 Å². The second-order valence-corrected chi connectivity index (χ2v) is 3.82. The van der Waals surface area contributed by atoms with Gasteiger partial charge in [-0.25, -0.2) is 0 Å². The standard InChI is InChI=1S/C12H24O2/c1-5-9-10-12(7-3,8-4)14-11(13)6-2/h5-10H2,1-4H3. The Morgan fingerprint density at radius 1 is 1.14 bits per heavy atom. The SMILES string of the molecule is CCCCC(CC)(CC)OC(=O)CC. The van der Waals surface area contributed by atoms with Gasteiger partial charge in [-0.3, -0.25) is 4.79 Å². The first-order valence-electron chi connectivity index (χ1n) is 5.86. The number of carbonyl (C=O) groups excluding carboxylic acids is 1. The maximum absolute atomic E-state index is 11.3. The predicted molar refractivity (Wildman–Crippen MR) is 59.2 cm³/mol. The van der Waals surface area contributed by atoms with Crippen molar-refractivity contribution in [2.24, 2.45) is 0 Å². The molecule has 0 fully saturated rings. The number of hydrogen-bond donors (Lipinski definition) is 0. The molecule has 0 aliphatic carbocycles. The first-order valence-corrected chi connectivity index (χ1v) is 5.86. The fourth-order valence-corrected chi connectivity index (χ4v) is 1.61. The zero-order valence-electron chi connectivity index (χ0n) is 10.1. The van der Waals surface area contributed by atoms with E-state index in [2.05, 4.69) is 20.8 Å². The maximum atomic E-state index is 11.3. The molecule has 0 aromatic carbocycles. The lowest BCUT2D eigenvalue weighted by atomic mass is 9.91. The Bertz CT molecular complexity index is 160. The fourth-order valence-electron chi connectivity index (χ4n) is 1.61. The molecule has 0 saturated carbocycles. The molecular formula is C12H24O2. The van der Waals surface area contributed by atoms with Crippen molar-refractivity contribution >= 4 is 5.97 Å². The average Bonchev–Trinajstić information content (AvgIpc) is 2.24. The van der Waals surface area contributed by atoms with Crippen molar-refractivity contribution in [2.45, 2.75) is 71.8 Å². The third-order valence-corrected chi connectivity index (χ3v) is 2.89. The van der Waals surface area contributed by atoms with Crippen molar-refractivity contribution < 1.29 is 9.53 Å². The molecular weight excluding hydrogens is 176 g/mol. The van der Waals surface area contributed by atoms with E-state index in [1.165, 1.54) is 0 Å². The van der Waals surface area contributed by atoms with Crippen LogP contribution in [0.5, 0.6) is 0 Å². The van der Waals surface area contributed by atoms with Crippen molar-refractivity contribution in [3.8, 4) is 0 Å². The van der Waals surface area contributed by atoms with E-state index in [-0.39, 0.29) is 11.6 Å². The van der Waals surface area contributed by atoms with Crippen molar-refractivity contribution in [1.82, 2.24) is 0 Å². The van der Waals surface area contributed by atoms with Gasteiger partial charge in [0.05, 0.1) is 0 Å². The Morgan fingerprint density at radius 3 is 2.07 bits per heavy atom. The first kappa shape index (κ1) is 13.5. The highest BCUT2D eigenvalue weighted by molar-refractivity contribution is 5.69. The van der Waals surface area contributed by atoms with E-state index in [4.69, 9.17) is 4.74 Å². The molecule has 0 amide bonds. The summed E-state index contributed by atoms with van der Waals surface area (Å²) in [6, 6.07) is 0. The molecule has 2 heteroatoms. The van der Waals surface area contributed by atoms with Crippen LogP contribution < -0.4 is 0 Å². The third-order valence-electron chi connectivity index (χ3n) is 2.89. The summed E-state index contributed by atoms with van der Waals surface area (Å²) in [5.41, 5.74) is -0.191. The average molecular weight is 200 g/mol. The van der Waals surface area contributed by atoms with Gasteiger partial charge < -0.3 is 4.74 Å². The molecule has 2 nitrogen and oxygen atoms in total. The summed E-state index contributed by atoms with van der Waals surface area (Å²) in [4.78, 5) is 11.3. The summed E-state index contributed by atoms with van der Waals surface area (Å²) in [6.45, 7) is 8.21. The molecule has 0 N–H and O–H groups in total. The molecule has 14 heavy (non-hydrogen) atoms.